The zero-order valence-electron chi connectivity index (χ0n) is 8.36. The van der Waals surface area contributed by atoms with Gasteiger partial charge in [0.15, 0.2) is 11.5 Å². The van der Waals surface area contributed by atoms with Crippen LogP contribution >= 0.6 is 0 Å². The van der Waals surface area contributed by atoms with Crippen molar-refractivity contribution in [3.8, 4) is 11.5 Å². The number of rotatable bonds is 1. The molecule has 0 fully saturated rings. The molecule has 0 saturated carbocycles. The fraction of sp³-hybridized carbons (Fsp3) is 0.200. The number of imidazole rings is 1. The van der Waals surface area contributed by atoms with Gasteiger partial charge in [-0.25, -0.2) is 4.98 Å². The molecule has 0 aromatic carbocycles. The molecule has 0 saturated heterocycles. The molecule has 0 unspecified atom stereocenters. The van der Waals surface area contributed by atoms with E-state index >= 15 is 0 Å². The van der Waals surface area contributed by atoms with Gasteiger partial charge in [0.1, 0.15) is 5.69 Å². The first-order chi connectivity index (χ1) is 7.48. The lowest BCUT2D eigenvalue weighted by Crippen LogP contribution is -2.04. The number of alkyl halides is 3. The third-order valence-corrected chi connectivity index (χ3v) is 2.06. The summed E-state index contributed by atoms with van der Waals surface area (Å²) in [5.41, 5.74) is -0.490. The number of aryl methyl sites for hydroxylation is 1. The van der Waals surface area contributed by atoms with E-state index in [-0.39, 0.29) is 5.82 Å². The predicted molar refractivity (Wildman–Crippen MR) is 51.4 cm³/mol. The number of halogens is 3. The van der Waals surface area contributed by atoms with Crippen molar-refractivity contribution in [1.29, 1.82) is 0 Å². The highest BCUT2D eigenvalue weighted by molar-refractivity contribution is 5.49. The molecule has 0 spiro atoms. The van der Waals surface area contributed by atoms with Crippen LogP contribution in [0.4, 0.5) is 13.2 Å². The summed E-state index contributed by atoms with van der Waals surface area (Å²) in [6.45, 7) is 0. The lowest BCUT2D eigenvalue weighted by Gasteiger charge is -1.99. The van der Waals surface area contributed by atoms with E-state index < -0.39 is 11.9 Å². The van der Waals surface area contributed by atoms with E-state index in [1.165, 1.54) is 17.8 Å². The summed E-state index contributed by atoms with van der Waals surface area (Å²) in [6.07, 6.45) is -1.97. The largest absolute Gasteiger partial charge is 0.434 e. The third-order valence-electron chi connectivity index (χ3n) is 2.06. The molecule has 2 aromatic rings. The van der Waals surface area contributed by atoms with Gasteiger partial charge in [-0.05, 0) is 12.1 Å². The molecule has 2 rings (SSSR count). The topological polar surface area (TPSA) is 30.7 Å². The van der Waals surface area contributed by atoms with Crippen LogP contribution in [0.2, 0.25) is 0 Å². The highest BCUT2D eigenvalue weighted by Crippen LogP contribution is 2.29. The first-order valence-corrected chi connectivity index (χ1v) is 4.50. The number of aromatic nitrogens is 3. The van der Waals surface area contributed by atoms with Gasteiger partial charge >= 0.3 is 6.18 Å². The third kappa shape index (κ3) is 1.91. The second-order valence-corrected chi connectivity index (χ2v) is 3.27. The summed E-state index contributed by atoms with van der Waals surface area (Å²) in [7, 11) is 1.51. The van der Waals surface area contributed by atoms with E-state index in [0.29, 0.717) is 5.69 Å². The van der Waals surface area contributed by atoms with Crippen LogP contribution in [0.15, 0.2) is 30.6 Å². The minimum atomic E-state index is -4.43. The molecule has 0 N–H and O–H groups in total. The van der Waals surface area contributed by atoms with Crippen molar-refractivity contribution in [2.75, 3.05) is 0 Å². The van der Waals surface area contributed by atoms with Crippen molar-refractivity contribution in [2.45, 2.75) is 6.18 Å². The van der Waals surface area contributed by atoms with Crippen molar-refractivity contribution in [3.05, 3.63) is 36.3 Å². The Balaban J connectivity index is 2.48. The van der Waals surface area contributed by atoms with Gasteiger partial charge in [-0.2, -0.15) is 13.2 Å². The van der Waals surface area contributed by atoms with Crippen LogP contribution in [0.3, 0.4) is 0 Å². The zero-order valence-corrected chi connectivity index (χ0v) is 8.36. The molecule has 0 atom stereocenters. The summed E-state index contributed by atoms with van der Waals surface area (Å²) in [6, 6.07) is 5.00. The Hall–Kier alpha value is -1.85. The summed E-state index contributed by atoms with van der Waals surface area (Å²) >= 11 is 0. The highest BCUT2D eigenvalue weighted by atomic mass is 19.4. The van der Waals surface area contributed by atoms with Crippen LogP contribution < -0.4 is 0 Å². The van der Waals surface area contributed by atoms with Crippen molar-refractivity contribution < 1.29 is 13.2 Å². The second-order valence-electron chi connectivity index (χ2n) is 3.27. The van der Waals surface area contributed by atoms with Gasteiger partial charge < -0.3 is 4.57 Å². The fourth-order valence-electron chi connectivity index (χ4n) is 1.34. The molecule has 0 radical (unpaired) electrons. The van der Waals surface area contributed by atoms with Crippen molar-refractivity contribution in [1.82, 2.24) is 14.5 Å². The molecular formula is C10H8F3N3. The highest BCUT2D eigenvalue weighted by Gasteiger charge is 2.34. The fourth-order valence-corrected chi connectivity index (χ4v) is 1.34. The molecule has 0 amide bonds. The summed E-state index contributed by atoms with van der Waals surface area (Å²) in [5.74, 6) is 0.202. The Morgan fingerprint density at radius 3 is 2.50 bits per heavy atom. The quantitative estimate of drug-likeness (QED) is 0.749. The lowest BCUT2D eigenvalue weighted by atomic mass is 10.3. The number of nitrogens with zero attached hydrogens (tertiary/aromatic N) is 3. The van der Waals surface area contributed by atoms with Gasteiger partial charge in [0.2, 0.25) is 0 Å². The zero-order chi connectivity index (χ0) is 11.8. The number of pyridine rings is 1. The van der Waals surface area contributed by atoms with Gasteiger partial charge in [-0.15, -0.1) is 0 Å². The lowest BCUT2D eigenvalue weighted by molar-refractivity contribution is -0.140. The normalized spacial score (nSPS) is 11.8. The van der Waals surface area contributed by atoms with Crippen molar-refractivity contribution in [2.24, 2.45) is 7.05 Å². The van der Waals surface area contributed by atoms with Crippen LogP contribution in [-0.4, -0.2) is 14.5 Å². The molecule has 2 aromatic heterocycles. The molecule has 0 aliphatic rings. The van der Waals surface area contributed by atoms with Crippen LogP contribution in [0, 0.1) is 0 Å². The minimum absolute atomic E-state index is 0.202. The maximum atomic E-state index is 12.4. The van der Waals surface area contributed by atoms with Crippen molar-refractivity contribution >= 4 is 0 Å². The first-order valence-electron chi connectivity index (χ1n) is 4.50. The average molecular weight is 227 g/mol. The molecule has 2 heterocycles. The first kappa shape index (κ1) is 10.7. The maximum Gasteiger partial charge on any atom is 0.434 e. The molecule has 0 aliphatic heterocycles. The molecule has 3 nitrogen and oxygen atoms in total. The van der Waals surface area contributed by atoms with E-state index in [0.717, 1.165) is 6.20 Å². The molecule has 6 heteroatoms. The van der Waals surface area contributed by atoms with Crippen LogP contribution in [-0.2, 0) is 13.2 Å². The second kappa shape index (κ2) is 3.62. The number of hydrogen-bond donors (Lipinski definition) is 0. The van der Waals surface area contributed by atoms with E-state index in [1.54, 1.807) is 18.2 Å². The van der Waals surface area contributed by atoms with Gasteiger partial charge in [-0.3, -0.25) is 4.98 Å². The summed E-state index contributed by atoms with van der Waals surface area (Å²) in [5, 5.41) is 0. The van der Waals surface area contributed by atoms with Gasteiger partial charge in [0.25, 0.3) is 0 Å². The summed E-state index contributed by atoms with van der Waals surface area (Å²) < 4.78 is 38.5. The predicted octanol–water partition coefficient (Wildman–Crippen LogP) is 2.50. The van der Waals surface area contributed by atoms with Crippen LogP contribution in [0.1, 0.15) is 5.69 Å². The Morgan fingerprint density at radius 2 is 2.00 bits per heavy atom. The SMILES string of the molecule is Cn1cc(C(F)(F)F)nc1-c1ccccn1. The Morgan fingerprint density at radius 1 is 1.25 bits per heavy atom. The van der Waals surface area contributed by atoms with Gasteiger partial charge in [0.05, 0.1) is 0 Å². The molecule has 0 bridgehead atoms. The van der Waals surface area contributed by atoms with Gasteiger partial charge in [0, 0.05) is 19.4 Å². The molecule has 16 heavy (non-hydrogen) atoms. The van der Waals surface area contributed by atoms with Crippen LogP contribution in [0.5, 0.6) is 0 Å². The van der Waals surface area contributed by atoms with Gasteiger partial charge in [-0.1, -0.05) is 6.07 Å². The van der Waals surface area contributed by atoms with Crippen molar-refractivity contribution in [3.63, 3.8) is 0 Å². The molecule has 0 aliphatic carbocycles. The van der Waals surface area contributed by atoms with E-state index in [2.05, 4.69) is 9.97 Å². The Labute approximate surface area is 89.6 Å². The standard InChI is InChI=1S/C10H8F3N3/c1-16-6-8(10(11,12)13)15-9(16)7-4-2-3-5-14-7/h2-6H,1H3. The number of hydrogen-bond acceptors (Lipinski definition) is 2. The monoisotopic (exact) mass is 227 g/mol. The van der Waals surface area contributed by atoms with E-state index in [4.69, 9.17) is 0 Å². The Kier molecular flexibility index (Phi) is 2.41. The Bertz CT molecular complexity index is 488. The smallest absolute Gasteiger partial charge is 0.332 e. The van der Waals surface area contributed by atoms with Crippen LogP contribution in [0.25, 0.3) is 11.5 Å². The van der Waals surface area contributed by atoms with E-state index in [9.17, 15) is 13.2 Å². The molecule has 84 valence electrons. The molecular weight excluding hydrogens is 219 g/mol. The minimum Gasteiger partial charge on any atom is -0.332 e. The summed E-state index contributed by atoms with van der Waals surface area (Å²) in [4.78, 5) is 7.48. The van der Waals surface area contributed by atoms with E-state index in [1.807, 2.05) is 0 Å². The average Bonchev–Trinajstić information content (AvgIpc) is 2.61. The maximum absolute atomic E-state index is 12.4.